The summed E-state index contributed by atoms with van der Waals surface area (Å²) in [6.45, 7) is 9.35. The highest BCUT2D eigenvalue weighted by Crippen LogP contribution is 2.83. The number of aliphatic hydroxyl groups is 3. The summed E-state index contributed by atoms with van der Waals surface area (Å²) in [5.41, 5.74) is -5.05. The summed E-state index contributed by atoms with van der Waals surface area (Å²) in [6.07, 6.45) is -1.02. The van der Waals surface area contributed by atoms with Crippen molar-refractivity contribution in [2.45, 2.75) is 109 Å². The molecule has 14 atom stereocenters. The largest absolute Gasteiger partial charge is 0.472 e. The molecule has 2 bridgehead atoms. The van der Waals surface area contributed by atoms with Crippen LogP contribution in [0.5, 0.6) is 0 Å². The van der Waals surface area contributed by atoms with Crippen LogP contribution in [0.4, 0.5) is 0 Å². The van der Waals surface area contributed by atoms with Crippen molar-refractivity contribution in [3.05, 3.63) is 24.2 Å². The molecule has 0 radical (unpaired) electrons. The Bertz CT molecular complexity index is 1360. The zero-order valence-electron chi connectivity index (χ0n) is 24.8. The molecule has 11 heteroatoms. The molecule has 1 aromatic heterocycles. The van der Waals surface area contributed by atoms with Crippen LogP contribution in [-0.2, 0) is 33.3 Å². The summed E-state index contributed by atoms with van der Waals surface area (Å²) < 4.78 is 29.8. The lowest BCUT2D eigenvalue weighted by Crippen LogP contribution is -2.83. The fraction of sp³-hybridized carbons (Fsp3) is 0.774. The maximum absolute atomic E-state index is 15.1. The van der Waals surface area contributed by atoms with Crippen LogP contribution in [0.15, 0.2) is 23.0 Å². The quantitative estimate of drug-likeness (QED) is 0.349. The van der Waals surface area contributed by atoms with E-state index in [1.54, 1.807) is 19.5 Å². The van der Waals surface area contributed by atoms with E-state index in [0.29, 0.717) is 6.42 Å². The number of carbonyl (C=O) groups excluding carboxylic acids is 3. The van der Waals surface area contributed by atoms with Crippen LogP contribution in [0.3, 0.4) is 0 Å². The highest BCUT2D eigenvalue weighted by molar-refractivity contribution is 5.93. The first-order chi connectivity index (χ1) is 19.5. The highest BCUT2D eigenvalue weighted by Gasteiger charge is 2.93. The summed E-state index contributed by atoms with van der Waals surface area (Å²) in [5, 5.41) is 36.0. The van der Waals surface area contributed by atoms with Crippen LogP contribution >= 0.6 is 0 Å². The summed E-state index contributed by atoms with van der Waals surface area (Å²) in [7, 11) is 0. The van der Waals surface area contributed by atoms with E-state index >= 15 is 4.79 Å². The second kappa shape index (κ2) is 8.24. The Hall–Kier alpha value is -2.31. The fourth-order valence-corrected chi connectivity index (χ4v) is 11.3. The van der Waals surface area contributed by atoms with Crippen molar-refractivity contribution < 1.29 is 53.1 Å². The maximum Gasteiger partial charge on any atom is 0.303 e. The van der Waals surface area contributed by atoms with E-state index in [9.17, 15) is 24.9 Å². The van der Waals surface area contributed by atoms with Crippen LogP contribution in [-0.4, -0.2) is 81.6 Å². The van der Waals surface area contributed by atoms with Crippen molar-refractivity contribution in [3.8, 4) is 0 Å². The summed E-state index contributed by atoms with van der Waals surface area (Å²) >= 11 is 0. The number of ether oxygens (including phenoxy) is 4. The normalized spacial score (nSPS) is 55.5. The number of fused-ring (bicyclic) bond motifs is 1. The van der Waals surface area contributed by atoms with Gasteiger partial charge in [0.2, 0.25) is 0 Å². The molecule has 6 aliphatic rings. The van der Waals surface area contributed by atoms with E-state index in [2.05, 4.69) is 0 Å². The molecule has 42 heavy (non-hydrogen) atoms. The van der Waals surface area contributed by atoms with Gasteiger partial charge in [0.05, 0.1) is 48.3 Å². The molecular formula is C31H40O11. The average Bonchev–Trinajstić information content (AvgIpc) is 3.26. The van der Waals surface area contributed by atoms with Gasteiger partial charge in [-0.3, -0.25) is 14.4 Å². The van der Waals surface area contributed by atoms with Crippen molar-refractivity contribution >= 4 is 17.7 Å². The number of carbonyl (C=O) groups is 3. The Morgan fingerprint density at radius 3 is 2.26 bits per heavy atom. The smallest absolute Gasteiger partial charge is 0.303 e. The number of rotatable bonds is 3. The Balaban J connectivity index is 1.45. The van der Waals surface area contributed by atoms with Gasteiger partial charge >= 0.3 is 11.9 Å². The van der Waals surface area contributed by atoms with Crippen molar-refractivity contribution in [2.75, 3.05) is 6.61 Å². The molecule has 6 fully saturated rings. The Kier molecular flexibility index (Phi) is 5.58. The minimum Gasteiger partial charge on any atom is -0.472 e. The van der Waals surface area contributed by atoms with Crippen LogP contribution in [0.1, 0.15) is 72.3 Å². The predicted molar refractivity (Wildman–Crippen MR) is 141 cm³/mol. The summed E-state index contributed by atoms with van der Waals surface area (Å²) in [4.78, 5) is 39.9. The first-order valence-electron chi connectivity index (χ1n) is 14.9. The Labute approximate surface area is 243 Å². The van der Waals surface area contributed by atoms with Gasteiger partial charge in [-0.25, -0.2) is 0 Å². The molecule has 1 aromatic rings. The van der Waals surface area contributed by atoms with Gasteiger partial charge in [-0.1, -0.05) is 20.8 Å². The third-order valence-electron chi connectivity index (χ3n) is 13.1. The summed E-state index contributed by atoms with van der Waals surface area (Å²) in [6, 6.07) is 1.84. The number of hydrogen-bond donors (Lipinski definition) is 3. The van der Waals surface area contributed by atoms with Crippen LogP contribution in [0, 0.1) is 33.5 Å². The van der Waals surface area contributed by atoms with Crippen LogP contribution in [0.25, 0.3) is 0 Å². The van der Waals surface area contributed by atoms with E-state index in [-0.39, 0.29) is 31.5 Å². The molecule has 4 saturated carbocycles. The number of Topliss-reactive ketones (excluding diaryl/α,β-unsaturated/α-hetero) is 1. The second-order valence-corrected chi connectivity index (χ2v) is 14.4. The van der Waals surface area contributed by atoms with Crippen molar-refractivity contribution in [2.24, 2.45) is 33.5 Å². The first kappa shape index (κ1) is 28.5. The molecule has 2 aliphatic heterocycles. The molecule has 14 unspecified atom stereocenters. The molecule has 11 nitrogen and oxygen atoms in total. The standard InChI is InChI=1S/C31H40O11/c1-14(32)40-21-11-20(35)30-13-39-29(6,37)27(21,4)18(30)10-19(34)28(5)24(30)23(36)25(41-15(2)33)26(3)17(16-7-8-38-12-16)9-22-31(26,28)42-22/h7-8,12,17-22,24-25,34-35,37H,9-11,13H2,1-6H3. The monoisotopic (exact) mass is 588 g/mol. The van der Waals surface area contributed by atoms with E-state index in [1.165, 1.54) is 20.8 Å². The van der Waals surface area contributed by atoms with Gasteiger partial charge in [0.1, 0.15) is 11.7 Å². The molecular weight excluding hydrogens is 548 g/mol. The van der Waals surface area contributed by atoms with E-state index in [4.69, 9.17) is 23.4 Å². The van der Waals surface area contributed by atoms with Crippen molar-refractivity contribution in [3.63, 3.8) is 0 Å². The zero-order valence-corrected chi connectivity index (χ0v) is 24.8. The van der Waals surface area contributed by atoms with Crippen molar-refractivity contribution in [1.29, 1.82) is 0 Å². The molecule has 2 saturated heterocycles. The van der Waals surface area contributed by atoms with Gasteiger partial charge in [0, 0.05) is 42.9 Å². The van der Waals surface area contributed by atoms with Gasteiger partial charge in [-0.05, 0) is 37.3 Å². The van der Waals surface area contributed by atoms with E-state index < -0.39 is 87.0 Å². The first-order valence-corrected chi connectivity index (χ1v) is 14.9. The molecule has 3 heterocycles. The topological polar surface area (TPSA) is 165 Å². The Morgan fingerprint density at radius 1 is 0.952 bits per heavy atom. The zero-order chi connectivity index (χ0) is 30.4. The molecule has 0 aromatic carbocycles. The summed E-state index contributed by atoms with van der Waals surface area (Å²) in [5.74, 6) is -5.43. The van der Waals surface area contributed by atoms with Gasteiger partial charge in [-0.15, -0.1) is 0 Å². The second-order valence-electron chi connectivity index (χ2n) is 14.4. The predicted octanol–water partition coefficient (Wildman–Crippen LogP) is 1.86. The van der Waals surface area contributed by atoms with Gasteiger partial charge in [0.15, 0.2) is 17.7 Å². The maximum atomic E-state index is 15.1. The molecule has 230 valence electrons. The number of hydrogen-bond acceptors (Lipinski definition) is 11. The van der Waals surface area contributed by atoms with Gasteiger partial charge < -0.3 is 38.7 Å². The minimum absolute atomic E-state index is 0.0352. The Morgan fingerprint density at radius 2 is 1.64 bits per heavy atom. The van der Waals surface area contributed by atoms with Crippen molar-refractivity contribution in [1.82, 2.24) is 0 Å². The van der Waals surface area contributed by atoms with Crippen LogP contribution in [0.2, 0.25) is 0 Å². The fourth-order valence-electron chi connectivity index (χ4n) is 11.3. The molecule has 1 spiro atoms. The lowest BCUT2D eigenvalue weighted by atomic mass is 9.32. The lowest BCUT2D eigenvalue weighted by molar-refractivity contribution is -0.410. The minimum atomic E-state index is -1.80. The molecule has 3 N–H and O–H groups in total. The van der Waals surface area contributed by atoms with Gasteiger partial charge in [-0.2, -0.15) is 0 Å². The van der Waals surface area contributed by atoms with E-state index in [1.807, 2.05) is 19.9 Å². The number of ketones is 1. The number of aliphatic hydroxyl groups excluding tert-OH is 2. The molecule has 7 rings (SSSR count). The third-order valence-corrected chi connectivity index (χ3v) is 13.1. The van der Waals surface area contributed by atoms with Gasteiger partial charge in [0.25, 0.3) is 0 Å². The SMILES string of the molecule is CC(=O)OC1CC(O)C23COC(C)(O)C1(C)C2CC(O)C1(C)C3C(=O)C(OC(C)=O)C2(C)C(c3ccoc3)CC3OC321. The van der Waals surface area contributed by atoms with Crippen LogP contribution < -0.4 is 0 Å². The number of esters is 2. The highest BCUT2D eigenvalue weighted by atomic mass is 16.6. The average molecular weight is 589 g/mol. The molecule has 4 aliphatic carbocycles. The molecule has 0 amide bonds. The lowest BCUT2D eigenvalue weighted by Gasteiger charge is -2.74. The number of furan rings is 1. The third kappa shape index (κ3) is 2.84. The van der Waals surface area contributed by atoms with E-state index in [0.717, 1.165) is 5.56 Å². The number of epoxide rings is 1.